The van der Waals surface area contributed by atoms with Crippen LogP contribution >= 0.6 is 0 Å². The van der Waals surface area contributed by atoms with Crippen LogP contribution in [0, 0.1) is 7.43 Å². The molecular formula is CH6O3SiV-. The van der Waals surface area contributed by atoms with Gasteiger partial charge in [0.15, 0.2) is 0 Å². The van der Waals surface area contributed by atoms with Gasteiger partial charge in [-0.1, -0.05) is 0 Å². The summed E-state index contributed by atoms with van der Waals surface area (Å²) in [6.07, 6.45) is 0. The average molecular weight is 145 g/mol. The molecule has 6 heavy (non-hydrogen) atoms. The predicted octanol–water partition coefficient (Wildman–Crippen LogP) is -1.60. The van der Waals surface area contributed by atoms with Gasteiger partial charge < -0.3 is 21.8 Å². The maximum absolute atomic E-state index is 7.27. The van der Waals surface area contributed by atoms with Crippen LogP contribution in [0.25, 0.3) is 0 Å². The zero-order valence-corrected chi connectivity index (χ0v) is 5.69. The fourth-order valence-electron chi connectivity index (χ4n) is 0. The zero-order valence-electron chi connectivity index (χ0n) is 3.29. The summed E-state index contributed by atoms with van der Waals surface area (Å²) in [5.41, 5.74) is 0. The van der Waals surface area contributed by atoms with Gasteiger partial charge in [-0.3, -0.25) is 0 Å². The Bertz CT molecular complexity index is 15.5. The van der Waals surface area contributed by atoms with Crippen LogP contribution < -0.4 is 0 Å². The van der Waals surface area contributed by atoms with Crippen molar-refractivity contribution in [2.24, 2.45) is 0 Å². The van der Waals surface area contributed by atoms with Crippen molar-refractivity contribution in [2.75, 3.05) is 0 Å². The molecule has 0 bridgehead atoms. The van der Waals surface area contributed by atoms with Crippen molar-refractivity contribution < 1.29 is 32.9 Å². The second-order valence-corrected chi connectivity index (χ2v) is 0.900. The molecule has 0 saturated carbocycles. The van der Waals surface area contributed by atoms with Crippen molar-refractivity contribution in [3.05, 3.63) is 7.43 Å². The first-order valence-electron chi connectivity index (χ1n) is 0.671. The van der Waals surface area contributed by atoms with Gasteiger partial charge in [0.1, 0.15) is 0 Å². The molecule has 0 aliphatic rings. The smallest absolute Gasteiger partial charge is 0.388 e. The van der Waals surface area contributed by atoms with Crippen molar-refractivity contribution in [2.45, 2.75) is 0 Å². The summed E-state index contributed by atoms with van der Waals surface area (Å²) in [4.78, 5) is 21.8. The molecule has 3 nitrogen and oxygen atoms in total. The van der Waals surface area contributed by atoms with Crippen molar-refractivity contribution in [1.82, 2.24) is 0 Å². The van der Waals surface area contributed by atoms with Gasteiger partial charge in [-0.2, -0.15) is 0 Å². The molecule has 0 heterocycles. The minimum absolute atomic E-state index is 0. The number of rotatable bonds is 0. The molecule has 0 unspecified atom stereocenters. The van der Waals surface area contributed by atoms with Crippen molar-refractivity contribution in [1.29, 1.82) is 0 Å². The molecule has 0 aromatic heterocycles. The van der Waals surface area contributed by atoms with Gasteiger partial charge in [-0.05, 0) is 0 Å². The Morgan fingerprint density at radius 3 is 1.00 bits per heavy atom. The Morgan fingerprint density at radius 2 is 1.00 bits per heavy atom. The first-order chi connectivity index (χ1) is 1.73. The summed E-state index contributed by atoms with van der Waals surface area (Å²) < 4.78 is 0. The molecule has 38 valence electrons. The molecule has 0 fully saturated rings. The molecule has 2 radical (unpaired) electrons. The van der Waals surface area contributed by atoms with Crippen LogP contribution in [0.2, 0.25) is 0 Å². The van der Waals surface area contributed by atoms with Crippen molar-refractivity contribution in [3.63, 3.8) is 0 Å². The molecular weight excluding hydrogens is 139 g/mol. The van der Waals surface area contributed by atoms with Crippen LogP contribution in [0.3, 0.4) is 0 Å². The van der Waals surface area contributed by atoms with E-state index in [1.807, 2.05) is 0 Å². The van der Waals surface area contributed by atoms with Gasteiger partial charge in [0.05, 0.1) is 0 Å². The maximum atomic E-state index is 7.27. The monoisotopic (exact) mass is 145 g/mol. The van der Waals surface area contributed by atoms with Crippen molar-refractivity contribution in [3.8, 4) is 0 Å². The standard InChI is InChI=1S/CH3.H3O3Si.V/c;1-4(2)3;/h1H3;1-3H;/q-1;;. The third kappa shape index (κ3) is 137. The average Bonchev–Trinajstić information content (AvgIpc) is 0.811. The molecule has 0 rings (SSSR count). The van der Waals surface area contributed by atoms with Gasteiger partial charge in [0.2, 0.25) is 0 Å². The van der Waals surface area contributed by atoms with Gasteiger partial charge >= 0.3 is 9.53 Å². The Morgan fingerprint density at radius 1 is 1.00 bits per heavy atom. The zero-order chi connectivity index (χ0) is 3.58. The van der Waals surface area contributed by atoms with E-state index in [1.54, 1.807) is 0 Å². The minimum atomic E-state index is -2.88. The van der Waals surface area contributed by atoms with E-state index < -0.39 is 9.53 Å². The topological polar surface area (TPSA) is 60.7 Å². The molecule has 0 amide bonds. The van der Waals surface area contributed by atoms with E-state index in [9.17, 15) is 0 Å². The second kappa shape index (κ2) is 9.19. The molecule has 5 heteroatoms. The van der Waals surface area contributed by atoms with E-state index in [0.717, 1.165) is 0 Å². The molecule has 0 saturated heterocycles. The summed E-state index contributed by atoms with van der Waals surface area (Å²) in [5.74, 6) is 0. The number of hydrogen-bond donors (Lipinski definition) is 3. The number of hydrogen-bond acceptors (Lipinski definition) is 3. The molecule has 0 aliphatic carbocycles. The molecule has 0 atom stereocenters. The summed E-state index contributed by atoms with van der Waals surface area (Å²) in [5, 5.41) is 0. The van der Waals surface area contributed by atoms with E-state index >= 15 is 0 Å². The van der Waals surface area contributed by atoms with E-state index in [2.05, 4.69) is 0 Å². The van der Waals surface area contributed by atoms with Crippen molar-refractivity contribution >= 4 is 9.53 Å². The molecule has 0 aromatic carbocycles. The quantitative estimate of drug-likeness (QED) is 0.284. The van der Waals surface area contributed by atoms with Crippen LogP contribution in [0.1, 0.15) is 0 Å². The first kappa shape index (κ1) is 15.9. The molecule has 0 aliphatic heterocycles. The predicted molar refractivity (Wildman–Crippen MR) is 18.8 cm³/mol. The second-order valence-electron chi connectivity index (χ2n) is 0.300. The molecule has 3 N–H and O–H groups in total. The third-order valence-corrected chi connectivity index (χ3v) is 0. The normalized spacial score (nSPS) is 6.00. The fourth-order valence-corrected chi connectivity index (χ4v) is 0. The minimum Gasteiger partial charge on any atom is -0.388 e. The Labute approximate surface area is 50.5 Å². The SMILES string of the molecule is O[Si](O)O.[CH3-].[V]. The Hall–Kier alpha value is 0.681. The largest absolute Gasteiger partial charge is 0.569 e. The Balaban J connectivity index is -0.0000000450. The third-order valence-electron chi connectivity index (χ3n) is 0. The Kier molecular flexibility index (Phi) is 24.4. The van der Waals surface area contributed by atoms with Crippen LogP contribution in [0.4, 0.5) is 0 Å². The summed E-state index contributed by atoms with van der Waals surface area (Å²) in [7, 11) is -2.88. The maximum Gasteiger partial charge on any atom is 0.569 e. The first-order valence-corrected chi connectivity index (χ1v) is 2.01. The van der Waals surface area contributed by atoms with Gasteiger partial charge in [-0.15, -0.1) is 0 Å². The summed E-state index contributed by atoms with van der Waals surface area (Å²) >= 11 is 0. The van der Waals surface area contributed by atoms with Crippen LogP contribution in [0.5, 0.6) is 0 Å². The van der Waals surface area contributed by atoms with E-state index in [4.69, 9.17) is 14.4 Å². The van der Waals surface area contributed by atoms with Crippen LogP contribution in [0.15, 0.2) is 0 Å². The summed E-state index contributed by atoms with van der Waals surface area (Å²) in [6, 6.07) is 0. The fraction of sp³-hybridized carbons (Fsp3) is 0. The molecule has 0 spiro atoms. The molecule has 0 aromatic rings. The van der Waals surface area contributed by atoms with Gasteiger partial charge in [-0.25, -0.2) is 0 Å². The van der Waals surface area contributed by atoms with Crippen LogP contribution in [-0.4, -0.2) is 23.9 Å². The van der Waals surface area contributed by atoms with E-state index in [1.165, 1.54) is 0 Å². The van der Waals surface area contributed by atoms with Crippen LogP contribution in [-0.2, 0) is 18.6 Å². The summed E-state index contributed by atoms with van der Waals surface area (Å²) in [6.45, 7) is 0. The van der Waals surface area contributed by atoms with Gasteiger partial charge in [0.25, 0.3) is 0 Å². The van der Waals surface area contributed by atoms with Gasteiger partial charge in [0, 0.05) is 18.6 Å². The van der Waals surface area contributed by atoms with E-state index in [0.29, 0.717) is 0 Å². The van der Waals surface area contributed by atoms with E-state index in [-0.39, 0.29) is 26.0 Å².